The average molecular weight is 1060 g/mol. The standard InChI is InChI=1S/2C30H45NO5S/c2*1-11-30(12-2,21-13-14-22(19(5)15-21)36-17-23(32)29(7,8)9)24-16-20(6)26(37-24)27(33)31-25(18(3)4)28(34)35-10/h2*13-16,18,23,25,32H,11-12,17H2,1-10H3,(H,31,33)/t2*23?,25-/m11/s1. The van der Waals surface area contributed by atoms with Crippen molar-refractivity contribution in [2.45, 2.75) is 185 Å². The van der Waals surface area contributed by atoms with E-state index in [1.54, 1.807) is 0 Å². The number of aliphatic hydroxyl groups excluding tert-OH is 2. The van der Waals surface area contributed by atoms with Crippen molar-refractivity contribution < 1.29 is 48.3 Å². The predicted octanol–water partition coefficient (Wildman–Crippen LogP) is 12.4. The molecule has 0 saturated heterocycles. The SMILES string of the molecule is CCC(CC)(c1ccc(OCC(O)C(C)(C)C)c(C)c1)c1cc(C)c(C(=O)N[C@@H](C(=O)OC)C(C)C)s1.CCC(CC)(c1ccc(OCC(O)C(C)(C)C)c(C)c1)c1cc(C)c(C(=O)N[C@@H](C(=O)OC)C(C)C)s1. The minimum Gasteiger partial charge on any atom is -0.491 e. The molecule has 2 aromatic heterocycles. The molecule has 0 spiro atoms. The Bertz CT molecular complexity index is 2330. The molecule has 0 fully saturated rings. The maximum Gasteiger partial charge on any atom is 0.328 e. The van der Waals surface area contributed by atoms with Gasteiger partial charge in [-0.15, -0.1) is 22.7 Å². The highest BCUT2D eigenvalue weighted by molar-refractivity contribution is 7.14. The van der Waals surface area contributed by atoms with Crippen LogP contribution in [0.25, 0.3) is 0 Å². The number of carbonyl (C=O) groups is 4. The summed E-state index contributed by atoms with van der Waals surface area (Å²) in [4.78, 5) is 54.2. The first-order chi connectivity index (χ1) is 34.4. The van der Waals surface area contributed by atoms with Crippen molar-refractivity contribution in [1.82, 2.24) is 10.6 Å². The lowest BCUT2D eigenvalue weighted by atomic mass is 9.74. The Labute approximate surface area is 451 Å². The number of ether oxygens (including phenoxy) is 4. The van der Waals surface area contributed by atoms with Gasteiger partial charge in [0, 0.05) is 20.6 Å². The molecule has 2 heterocycles. The normalized spacial score (nSPS) is 13.8. The van der Waals surface area contributed by atoms with Crippen molar-refractivity contribution in [3.05, 3.63) is 101 Å². The van der Waals surface area contributed by atoms with Crippen LogP contribution in [0.1, 0.15) is 185 Å². The second-order valence-electron chi connectivity index (χ2n) is 22.6. The zero-order chi connectivity index (χ0) is 56.3. The highest BCUT2D eigenvalue weighted by atomic mass is 32.1. The van der Waals surface area contributed by atoms with E-state index in [1.165, 1.54) is 48.0 Å². The molecule has 0 aliphatic carbocycles. The zero-order valence-electron chi connectivity index (χ0n) is 48.3. The molecule has 4 rings (SSSR count). The summed E-state index contributed by atoms with van der Waals surface area (Å²) in [6.07, 6.45) is 2.33. The first kappa shape index (κ1) is 63.5. The summed E-state index contributed by atoms with van der Waals surface area (Å²) < 4.78 is 21.7. The Morgan fingerprint density at radius 2 is 0.838 bits per heavy atom. The summed E-state index contributed by atoms with van der Waals surface area (Å²) in [6, 6.07) is 15.3. The molecule has 2 unspecified atom stereocenters. The van der Waals surface area contributed by atoms with Crippen molar-refractivity contribution in [1.29, 1.82) is 0 Å². The van der Waals surface area contributed by atoms with E-state index < -0.39 is 36.2 Å². The van der Waals surface area contributed by atoms with Crippen LogP contribution in [0.5, 0.6) is 11.5 Å². The molecule has 4 N–H and O–H groups in total. The van der Waals surface area contributed by atoms with E-state index >= 15 is 0 Å². The van der Waals surface area contributed by atoms with E-state index in [1.807, 2.05) is 109 Å². The number of hydrogen-bond donors (Lipinski definition) is 4. The molecule has 2 amide bonds. The Hall–Kier alpha value is -4.76. The molecule has 14 heteroatoms. The minimum atomic E-state index is -0.698. The number of methoxy groups -OCH3 is 2. The maximum absolute atomic E-state index is 13.2. The van der Waals surface area contributed by atoms with Crippen molar-refractivity contribution in [2.75, 3.05) is 27.4 Å². The van der Waals surface area contributed by atoms with Gasteiger partial charge >= 0.3 is 11.9 Å². The van der Waals surface area contributed by atoms with Gasteiger partial charge in [-0.05, 0) is 134 Å². The number of nitrogens with one attached hydrogen (secondary N) is 2. The van der Waals surface area contributed by atoms with Gasteiger partial charge in [-0.2, -0.15) is 0 Å². The third-order valence-electron chi connectivity index (χ3n) is 14.7. The number of aryl methyl sites for hydroxylation is 4. The van der Waals surface area contributed by atoms with Crippen molar-refractivity contribution in [2.24, 2.45) is 22.7 Å². The fourth-order valence-corrected chi connectivity index (χ4v) is 11.8. The van der Waals surface area contributed by atoms with Crippen molar-refractivity contribution in [3.8, 4) is 11.5 Å². The van der Waals surface area contributed by atoms with Gasteiger partial charge in [0.2, 0.25) is 0 Å². The summed E-state index contributed by atoms with van der Waals surface area (Å²) in [7, 11) is 2.67. The van der Waals surface area contributed by atoms with Gasteiger partial charge in [0.15, 0.2) is 0 Å². The molecule has 0 bridgehead atoms. The third kappa shape index (κ3) is 15.2. The molecular weight excluding hydrogens is 973 g/mol. The Balaban J connectivity index is 0.000000390. The van der Waals surface area contributed by atoms with E-state index in [9.17, 15) is 29.4 Å². The van der Waals surface area contributed by atoms with Gasteiger partial charge in [-0.25, -0.2) is 9.59 Å². The molecule has 12 nitrogen and oxygen atoms in total. The lowest BCUT2D eigenvalue weighted by molar-refractivity contribution is -0.144. The van der Waals surface area contributed by atoms with E-state index in [4.69, 9.17) is 18.9 Å². The molecule has 74 heavy (non-hydrogen) atoms. The zero-order valence-corrected chi connectivity index (χ0v) is 49.9. The van der Waals surface area contributed by atoms with Gasteiger partial charge in [0.05, 0.1) is 36.2 Å². The molecule has 0 aliphatic rings. The van der Waals surface area contributed by atoms with Crippen LogP contribution in [-0.2, 0) is 29.9 Å². The number of esters is 2. The molecule has 0 radical (unpaired) electrons. The van der Waals surface area contributed by atoms with Crippen LogP contribution in [0.2, 0.25) is 0 Å². The maximum atomic E-state index is 13.2. The molecule has 2 aromatic carbocycles. The Morgan fingerprint density at radius 1 is 0.527 bits per heavy atom. The third-order valence-corrected chi connectivity index (χ3v) is 17.6. The van der Waals surface area contributed by atoms with Crippen LogP contribution in [-0.4, -0.2) is 85.7 Å². The van der Waals surface area contributed by atoms with Crippen molar-refractivity contribution >= 4 is 46.4 Å². The molecular formula is C60H90N2O10S2. The summed E-state index contributed by atoms with van der Waals surface area (Å²) >= 11 is 2.98. The van der Waals surface area contributed by atoms with Crippen LogP contribution in [0.4, 0.5) is 0 Å². The lowest BCUT2D eigenvalue weighted by Crippen LogP contribution is -2.44. The Morgan fingerprint density at radius 3 is 1.08 bits per heavy atom. The topological polar surface area (TPSA) is 170 Å². The molecule has 412 valence electrons. The van der Waals surface area contributed by atoms with E-state index in [-0.39, 0.29) is 58.5 Å². The highest BCUT2D eigenvalue weighted by Gasteiger charge is 2.37. The second kappa shape index (κ2) is 26.8. The number of rotatable bonds is 22. The highest BCUT2D eigenvalue weighted by Crippen LogP contribution is 2.46. The summed E-state index contributed by atoms with van der Waals surface area (Å²) in [6.45, 7) is 36.6. The summed E-state index contributed by atoms with van der Waals surface area (Å²) in [5.41, 5.74) is 5.12. The van der Waals surface area contributed by atoms with E-state index in [2.05, 4.69) is 74.7 Å². The van der Waals surface area contributed by atoms with Crippen molar-refractivity contribution in [3.63, 3.8) is 0 Å². The first-order valence-corrected chi connectivity index (χ1v) is 27.9. The van der Waals surface area contributed by atoms with E-state index in [0.717, 1.165) is 69.2 Å². The number of carbonyl (C=O) groups excluding carboxylic acids is 4. The fraction of sp³-hybridized carbons (Fsp3) is 0.600. The van der Waals surface area contributed by atoms with Gasteiger partial charge in [-0.3, -0.25) is 9.59 Å². The molecule has 4 atom stereocenters. The van der Waals surface area contributed by atoms with Crippen LogP contribution in [0, 0.1) is 50.4 Å². The summed E-state index contributed by atoms with van der Waals surface area (Å²) in [5, 5.41) is 26.5. The van der Waals surface area contributed by atoms with Crippen LogP contribution in [0.3, 0.4) is 0 Å². The molecule has 0 saturated carbocycles. The smallest absolute Gasteiger partial charge is 0.328 e. The quantitative estimate of drug-likeness (QED) is 0.0556. The monoisotopic (exact) mass is 1060 g/mol. The van der Waals surface area contributed by atoms with Crippen LogP contribution < -0.4 is 20.1 Å². The minimum absolute atomic E-state index is 0.0882. The number of benzene rings is 2. The largest absolute Gasteiger partial charge is 0.491 e. The fourth-order valence-electron chi connectivity index (χ4n) is 8.90. The number of amides is 2. The van der Waals surface area contributed by atoms with Gasteiger partial charge in [-0.1, -0.05) is 121 Å². The van der Waals surface area contributed by atoms with Gasteiger partial charge < -0.3 is 39.8 Å². The Kier molecular flexibility index (Phi) is 23.0. The second-order valence-corrected chi connectivity index (χ2v) is 24.7. The number of thiophene rings is 2. The van der Waals surface area contributed by atoms with Crippen LogP contribution >= 0.6 is 22.7 Å². The summed E-state index contributed by atoms with van der Waals surface area (Å²) in [5.74, 6) is -0.0441. The van der Waals surface area contributed by atoms with Gasteiger partial charge in [0.1, 0.15) is 36.8 Å². The predicted molar refractivity (Wildman–Crippen MR) is 301 cm³/mol. The van der Waals surface area contributed by atoms with E-state index in [0.29, 0.717) is 9.75 Å². The average Bonchev–Trinajstić information content (AvgIpc) is 3.94. The first-order valence-electron chi connectivity index (χ1n) is 26.3. The van der Waals surface area contributed by atoms with Gasteiger partial charge in [0.25, 0.3) is 11.8 Å². The lowest BCUT2D eigenvalue weighted by Gasteiger charge is -2.32. The number of aliphatic hydroxyl groups is 2. The van der Waals surface area contributed by atoms with Crippen LogP contribution in [0.15, 0.2) is 48.5 Å². The molecule has 4 aromatic rings. The molecule has 0 aliphatic heterocycles. The number of hydrogen-bond acceptors (Lipinski definition) is 12.